The molecule has 10 nitrogen and oxygen atoms in total. The van der Waals surface area contributed by atoms with E-state index in [0.717, 1.165) is 61.7 Å². The van der Waals surface area contributed by atoms with Crippen molar-refractivity contribution in [3.05, 3.63) is 237 Å². The normalized spacial score (nSPS) is 14.1. The van der Waals surface area contributed by atoms with Crippen LogP contribution < -0.4 is 22.8 Å². The number of nitrogens with zero attached hydrogens (tertiary/aromatic N) is 10. The van der Waals surface area contributed by atoms with E-state index in [0.29, 0.717) is 5.69 Å². The standard InChI is InChI=1S/C15H19N2.3C14H17N2.C13H15N2/c1-10-6-7-14(17(5)9-10)15-11(2)8-12(3)16-13(15)4;1-10-6-8-16(4)13(9-10)14-11(2)5-7-15-12(14)3;1-10-5-6-14(16(4)9-10)13-8-15-12(3)7-11(13)2;1-10-5-6-16(4)14(7-10)13-9-15-12(3)8-11(13)2;1-10-5-7-15(3)13(8-10)12-9-14-6-4-11(12)2/h6-9H,1-5H3;3*5-9H,1-4H3;4-9H,1-3H3/q5*+1/i1D3,3D3;;1D3,3D3;3D3;. The molecule has 0 saturated heterocycles. The van der Waals surface area contributed by atoms with E-state index in [1.54, 1.807) is 91.2 Å². The molecule has 10 aromatic heterocycles. The summed E-state index contributed by atoms with van der Waals surface area (Å²) in [6.45, 7) is 8.90. The molecule has 80 heavy (non-hydrogen) atoms. The van der Waals surface area contributed by atoms with Crippen LogP contribution >= 0.6 is 0 Å². The fourth-order valence-corrected chi connectivity index (χ4v) is 9.24. The van der Waals surface area contributed by atoms with Gasteiger partial charge in [0.05, 0.1) is 39.2 Å². The minimum absolute atomic E-state index is 0.0514. The molecule has 10 aromatic rings. The Hall–Kier alpha value is -8.50. The van der Waals surface area contributed by atoms with Gasteiger partial charge < -0.3 is 0 Å². The smallest absolute Gasteiger partial charge is 0.214 e. The lowest BCUT2D eigenvalue weighted by atomic mass is 10.0. The lowest BCUT2D eigenvalue weighted by Gasteiger charge is -2.09. The first-order chi connectivity index (χ1) is 44.0. The molecule has 0 aliphatic rings. The van der Waals surface area contributed by atoms with Crippen LogP contribution in [-0.4, -0.2) is 24.9 Å². The van der Waals surface area contributed by atoms with Gasteiger partial charge in [-0.3, -0.25) is 24.9 Å². The minimum Gasteiger partial charge on any atom is -0.264 e. The molecule has 10 heteroatoms. The Morgan fingerprint density at radius 1 is 0.338 bits per heavy atom. The molecule has 0 amide bonds. The van der Waals surface area contributed by atoms with E-state index in [1.165, 1.54) is 51.0 Å². The molecule has 10 heterocycles. The Kier molecular flexibility index (Phi) is 14.5. The van der Waals surface area contributed by atoms with Crippen molar-refractivity contribution < 1.29 is 43.4 Å². The molecule has 0 spiro atoms. The third-order valence-electron chi connectivity index (χ3n) is 13.5. The maximum absolute atomic E-state index is 7.48. The highest BCUT2D eigenvalue weighted by Crippen LogP contribution is 2.26. The summed E-state index contributed by atoms with van der Waals surface area (Å²) in [7, 11) is 9.61. The third kappa shape index (κ3) is 15.8. The van der Waals surface area contributed by atoms with Crippen LogP contribution in [0.3, 0.4) is 0 Å². The summed E-state index contributed by atoms with van der Waals surface area (Å²) >= 11 is 0. The molecule has 0 fully saturated rings. The monoisotopic (exact) mass is 1080 g/mol. The highest BCUT2D eigenvalue weighted by Gasteiger charge is 2.19. The van der Waals surface area contributed by atoms with Gasteiger partial charge >= 0.3 is 0 Å². The molecular weight excluding hydrogens is 981 g/mol. The van der Waals surface area contributed by atoms with E-state index in [2.05, 4.69) is 132 Å². The van der Waals surface area contributed by atoms with Gasteiger partial charge in [0, 0.05) is 128 Å². The average Bonchev–Trinajstić information content (AvgIpc) is 0.814. The van der Waals surface area contributed by atoms with Crippen molar-refractivity contribution in [1.29, 1.82) is 0 Å². The SMILES string of the molecule is Cc1cc[n+](C)c(-c2c(C)ccnc2C)c1.Cc1cc[n+](C)c(-c2cnccc2C)c1.[2H]C([2H])([2H])c1cc(C)c(-c2cc(C)cc[n+]2C)cn1.[2H]C([2H])([2H])c1ccc(-c2c(C)cc(C([2H])([2H])[2H])nc2C)[n+](C)c1.[2H]C([2H])([2H])c1ccc(-c2cnc(C([2H])([2H])[2H])cc2C)[n+](C)c1. The molecule has 0 unspecified atom stereocenters. The van der Waals surface area contributed by atoms with Gasteiger partial charge in [-0.05, 0) is 190 Å². The van der Waals surface area contributed by atoms with E-state index in [-0.39, 0.29) is 28.2 Å². The first kappa shape index (κ1) is 42.4. The first-order valence-corrected chi connectivity index (χ1v) is 26.1. The summed E-state index contributed by atoms with van der Waals surface area (Å²) in [5, 5.41) is 0. The van der Waals surface area contributed by atoms with Gasteiger partial charge in [0.1, 0.15) is 35.2 Å². The zero-order chi connectivity index (χ0) is 71.0. The predicted octanol–water partition coefficient (Wildman–Crippen LogP) is 12.5. The van der Waals surface area contributed by atoms with Gasteiger partial charge in [-0.1, -0.05) is 0 Å². The lowest BCUT2D eigenvalue weighted by Crippen LogP contribution is -2.31. The molecule has 10 rings (SSSR count). The van der Waals surface area contributed by atoms with Crippen molar-refractivity contribution in [3.8, 4) is 56.3 Å². The zero-order valence-corrected chi connectivity index (χ0v) is 48.9. The summed E-state index contributed by atoms with van der Waals surface area (Å²) < 4.78 is 121. The van der Waals surface area contributed by atoms with Crippen molar-refractivity contribution in [3.63, 3.8) is 0 Å². The van der Waals surface area contributed by atoms with Gasteiger partial charge in [-0.25, -0.2) is 22.8 Å². The summed E-state index contributed by atoms with van der Waals surface area (Å²) in [5.41, 5.74) is 21.2. The van der Waals surface area contributed by atoms with Crippen LogP contribution in [0.5, 0.6) is 0 Å². The second kappa shape index (κ2) is 27.4. The Morgan fingerprint density at radius 2 is 0.787 bits per heavy atom. The zero-order valence-electron chi connectivity index (χ0n) is 63.9. The first-order valence-electron chi connectivity index (χ1n) is 33.6. The van der Waals surface area contributed by atoms with Gasteiger partial charge in [0.2, 0.25) is 28.5 Å². The topological polar surface area (TPSA) is 83.8 Å². The van der Waals surface area contributed by atoms with Crippen molar-refractivity contribution in [1.82, 2.24) is 24.9 Å². The predicted molar refractivity (Wildman–Crippen MR) is 325 cm³/mol. The Labute approximate surface area is 499 Å². The largest absolute Gasteiger partial charge is 0.264 e. The van der Waals surface area contributed by atoms with Crippen LogP contribution in [0.15, 0.2) is 153 Å². The number of pyridine rings is 10. The summed E-state index contributed by atoms with van der Waals surface area (Å²) in [4.78, 5) is 20.9. The summed E-state index contributed by atoms with van der Waals surface area (Å²) in [5.74, 6) is 0. The van der Waals surface area contributed by atoms with E-state index < -0.39 is 34.3 Å². The van der Waals surface area contributed by atoms with E-state index in [9.17, 15) is 0 Å². The molecule has 0 radical (unpaired) electrons. The number of aromatic nitrogens is 10. The van der Waals surface area contributed by atoms with Gasteiger partial charge in [-0.2, -0.15) is 0 Å². The number of hydrogen-bond acceptors (Lipinski definition) is 5. The highest BCUT2D eigenvalue weighted by molar-refractivity contribution is 5.65. The number of hydrogen-bond donors (Lipinski definition) is 0. The van der Waals surface area contributed by atoms with Crippen LogP contribution in [0.4, 0.5) is 0 Å². The molecule has 0 atom stereocenters. The molecule has 0 N–H and O–H groups in total. The molecular formula is C70H85N10+5. The van der Waals surface area contributed by atoms with Gasteiger partial charge in [-0.15, -0.1) is 0 Å². The molecule has 0 aliphatic heterocycles. The molecule has 0 aliphatic carbocycles. The second-order valence-corrected chi connectivity index (χ2v) is 20.3. The van der Waals surface area contributed by atoms with Crippen molar-refractivity contribution in [2.45, 2.75) is 103 Å². The van der Waals surface area contributed by atoms with E-state index in [4.69, 9.17) is 20.6 Å². The van der Waals surface area contributed by atoms with Crippen molar-refractivity contribution in [2.75, 3.05) is 0 Å². The second-order valence-electron chi connectivity index (χ2n) is 20.3. The molecule has 410 valence electrons. The van der Waals surface area contributed by atoms with Gasteiger partial charge in [0.15, 0.2) is 31.0 Å². The van der Waals surface area contributed by atoms with Crippen molar-refractivity contribution in [2.24, 2.45) is 35.2 Å². The van der Waals surface area contributed by atoms with Crippen LogP contribution in [0, 0.1) is 103 Å². The van der Waals surface area contributed by atoms with E-state index in [1.807, 2.05) is 76.2 Å². The van der Waals surface area contributed by atoms with Crippen LogP contribution in [0.25, 0.3) is 56.3 Å². The Balaban J connectivity index is 0.000000190. The molecule has 0 bridgehead atoms. The number of aryl methyl sites for hydroxylation is 20. The Morgan fingerprint density at radius 3 is 1.25 bits per heavy atom. The maximum Gasteiger partial charge on any atom is 0.214 e. The lowest BCUT2D eigenvalue weighted by molar-refractivity contribution is -0.660. The average molecular weight is 1080 g/mol. The van der Waals surface area contributed by atoms with Crippen LogP contribution in [0.1, 0.15) is 105 Å². The fraction of sp³-hybridized carbons (Fsp3) is 0.286. The van der Waals surface area contributed by atoms with Crippen LogP contribution in [-0.2, 0) is 35.2 Å². The van der Waals surface area contributed by atoms with E-state index >= 15 is 0 Å². The molecule has 0 aromatic carbocycles. The quantitative estimate of drug-likeness (QED) is 0.160. The fourth-order valence-electron chi connectivity index (χ4n) is 9.24. The summed E-state index contributed by atoms with van der Waals surface area (Å²) in [6.07, 6.45) is 18.1. The Bertz CT molecular complexity index is 4280. The highest BCUT2D eigenvalue weighted by atomic mass is 14.9. The number of rotatable bonds is 5. The van der Waals surface area contributed by atoms with Gasteiger partial charge in [0.25, 0.3) is 0 Å². The maximum atomic E-state index is 7.48. The van der Waals surface area contributed by atoms with Crippen LogP contribution in [0.2, 0.25) is 0 Å². The van der Waals surface area contributed by atoms with Crippen molar-refractivity contribution >= 4 is 0 Å². The molecule has 0 saturated carbocycles. The third-order valence-corrected chi connectivity index (χ3v) is 13.5. The minimum atomic E-state index is -2.25. The summed E-state index contributed by atoms with van der Waals surface area (Å²) in [6, 6.07) is 28.1.